The second-order valence-corrected chi connectivity index (χ2v) is 3.47. The van der Waals surface area contributed by atoms with E-state index >= 15 is 0 Å². The third-order valence-electron chi connectivity index (χ3n) is 2.10. The number of aliphatic hydroxyl groups excluding tert-OH is 1. The summed E-state index contributed by atoms with van der Waals surface area (Å²) in [6.45, 7) is 1.85. The molecule has 0 bridgehead atoms. The van der Waals surface area contributed by atoms with Crippen molar-refractivity contribution in [3.63, 3.8) is 0 Å². The predicted octanol–water partition coefficient (Wildman–Crippen LogP) is 1.49. The standard InChI is InChI=1S/C10H12FN3O/c1-6(5-15)12-10-13-8-3-2-7(11)4-9(8)14-10/h2-4,6,15H,5H2,1H3,(H2,12,13,14). The highest BCUT2D eigenvalue weighted by Gasteiger charge is 2.05. The number of fused-ring (bicyclic) bond motifs is 1. The van der Waals surface area contributed by atoms with Gasteiger partial charge in [0.15, 0.2) is 0 Å². The van der Waals surface area contributed by atoms with Crippen LogP contribution < -0.4 is 5.32 Å². The van der Waals surface area contributed by atoms with Gasteiger partial charge in [-0.3, -0.25) is 0 Å². The Morgan fingerprint density at radius 2 is 2.40 bits per heavy atom. The van der Waals surface area contributed by atoms with Crippen LogP contribution in [0.25, 0.3) is 11.0 Å². The minimum Gasteiger partial charge on any atom is -0.394 e. The third-order valence-corrected chi connectivity index (χ3v) is 2.10. The lowest BCUT2D eigenvalue weighted by atomic mass is 10.3. The number of halogens is 1. The van der Waals surface area contributed by atoms with E-state index in [1.54, 1.807) is 6.07 Å². The molecule has 3 N–H and O–H groups in total. The summed E-state index contributed by atoms with van der Waals surface area (Å²) in [6.07, 6.45) is 0. The number of imidazole rings is 1. The van der Waals surface area contributed by atoms with Gasteiger partial charge in [0.1, 0.15) is 5.82 Å². The van der Waals surface area contributed by atoms with Crippen LogP contribution in [-0.2, 0) is 0 Å². The quantitative estimate of drug-likeness (QED) is 0.717. The zero-order valence-corrected chi connectivity index (χ0v) is 8.29. The first-order chi connectivity index (χ1) is 7.19. The van der Waals surface area contributed by atoms with Gasteiger partial charge in [-0.25, -0.2) is 9.37 Å². The molecule has 2 rings (SSSR count). The van der Waals surface area contributed by atoms with Crippen LogP contribution in [0.2, 0.25) is 0 Å². The Balaban J connectivity index is 2.30. The minimum absolute atomic E-state index is 0.0193. The molecule has 1 aromatic heterocycles. The fourth-order valence-electron chi connectivity index (χ4n) is 1.33. The Kier molecular flexibility index (Phi) is 2.55. The molecule has 1 atom stereocenters. The lowest BCUT2D eigenvalue weighted by Gasteiger charge is -2.07. The maximum atomic E-state index is 12.9. The van der Waals surface area contributed by atoms with Crippen molar-refractivity contribution in [1.29, 1.82) is 0 Å². The van der Waals surface area contributed by atoms with Gasteiger partial charge in [0, 0.05) is 6.04 Å². The summed E-state index contributed by atoms with van der Waals surface area (Å²) in [5, 5.41) is 11.8. The van der Waals surface area contributed by atoms with E-state index in [-0.39, 0.29) is 18.5 Å². The second kappa shape index (κ2) is 3.86. The van der Waals surface area contributed by atoms with Gasteiger partial charge in [-0.2, -0.15) is 0 Å². The summed E-state index contributed by atoms with van der Waals surface area (Å²) >= 11 is 0. The molecule has 15 heavy (non-hydrogen) atoms. The van der Waals surface area contributed by atoms with Crippen LogP contribution in [0.15, 0.2) is 18.2 Å². The highest BCUT2D eigenvalue weighted by Crippen LogP contribution is 2.15. The van der Waals surface area contributed by atoms with Crippen LogP contribution in [0.4, 0.5) is 10.3 Å². The molecule has 0 saturated heterocycles. The van der Waals surface area contributed by atoms with Crippen molar-refractivity contribution in [3.8, 4) is 0 Å². The minimum atomic E-state index is -0.298. The Labute approximate surface area is 86.1 Å². The molecule has 0 aliphatic carbocycles. The number of anilines is 1. The smallest absolute Gasteiger partial charge is 0.201 e. The molecular formula is C10H12FN3O. The number of aliphatic hydroxyl groups is 1. The number of hydrogen-bond acceptors (Lipinski definition) is 3. The number of hydrogen-bond donors (Lipinski definition) is 3. The highest BCUT2D eigenvalue weighted by atomic mass is 19.1. The van der Waals surface area contributed by atoms with E-state index in [4.69, 9.17) is 5.11 Å². The lowest BCUT2D eigenvalue weighted by molar-refractivity contribution is 0.281. The first-order valence-corrected chi connectivity index (χ1v) is 4.71. The van der Waals surface area contributed by atoms with Crippen LogP contribution in [0, 0.1) is 5.82 Å². The topological polar surface area (TPSA) is 60.9 Å². The number of aromatic amines is 1. The van der Waals surface area contributed by atoms with Crippen molar-refractivity contribution in [1.82, 2.24) is 9.97 Å². The molecule has 0 aliphatic heterocycles. The van der Waals surface area contributed by atoms with Crippen LogP contribution in [0.5, 0.6) is 0 Å². The molecule has 0 amide bonds. The van der Waals surface area contributed by atoms with Crippen molar-refractivity contribution in [2.75, 3.05) is 11.9 Å². The van der Waals surface area contributed by atoms with E-state index in [0.717, 1.165) is 0 Å². The number of rotatable bonds is 3. The van der Waals surface area contributed by atoms with Crippen molar-refractivity contribution in [3.05, 3.63) is 24.0 Å². The summed E-state index contributed by atoms with van der Waals surface area (Å²) in [4.78, 5) is 7.13. The van der Waals surface area contributed by atoms with E-state index < -0.39 is 0 Å². The molecule has 0 radical (unpaired) electrons. The molecule has 80 valence electrons. The Morgan fingerprint density at radius 1 is 1.60 bits per heavy atom. The molecule has 5 heteroatoms. The Morgan fingerprint density at radius 3 is 3.13 bits per heavy atom. The Hall–Kier alpha value is -1.62. The third kappa shape index (κ3) is 2.07. The summed E-state index contributed by atoms with van der Waals surface area (Å²) < 4.78 is 12.9. The van der Waals surface area contributed by atoms with Crippen molar-refractivity contribution in [2.24, 2.45) is 0 Å². The van der Waals surface area contributed by atoms with Gasteiger partial charge >= 0.3 is 0 Å². The zero-order chi connectivity index (χ0) is 10.8. The van der Waals surface area contributed by atoms with Crippen LogP contribution in [0.3, 0.4) is 0 Å². The van der Waals surface area contributed by atoms with E-state index in [0.29, 0.717) is 17.0 Å². The maximum Gasteiger partial charge on any atom is 0.201 e. The van der Waals surface area contributed by atoms with Gasteiger partial charge in [-0.15, -0.1) is 0 Å². The number of nitrogens with one attached hydrogen (secondary N) is 2. The van der Waals surface area contributed by atoms with Crippen LogP contribution in [-0.4, -0.2) is 27.7 Å². The molecule has 2 aromatic rings. The maximum absolute atomic E-state index is 12.9. The monoisotopic (exact) mass is 209 g/mol. The average Bonchev–Trinajstić information content (AvgIpc) is 2.59. The molecule has 1 heterocycles. The fraction of sp³-hybridized carbons (Fsp3) is 0.300. The zero-order valence-electron chi connectivity index (χ0n) is 8.29. The molecule has 4 nitrogen and oxygen atoms in total. The van der Waals surface area contributed by atoms with E-state index in [1.807, 2.05) is 6.92 Å². The van der Waals surface area contributed by atoms with E-state index in [1.165, 1.54) is 12.1 Å². The summed E-state index contributed by atoms with van der Waals surface area (Å²) in [5.74, 6) is 0.241. The molecule has 1 unspecified atom stereocenters. The first kappa shape index (κ1) is 9.92. The molecular weight excluding hydrogens is 197 g/mol. The largest absolute Gasteiger partial charge is 0.394 e. The molecule has 1 aromatic carbocycles. The van der Waals surface area contributed by atoms with E-state index in [2.05, 4.69) is 15.3 Å². The van der Waals surface area contributed by atoms with Crippen LogP contribution >= 0.6 is 0 Å². The SMILES string of the molecule is CC(CO)Nc1nc2ccc(F)cc2[nH]1. The molecule has 0 saturated carbocycles. The van der Waals surface area contributed by atoms with E-state index in [9.17, 15) is 4.39 Å². The van der Waals surface area contributed by atoms with Crippen molar-refractivity contribution in [2.45, 2.75) is 13.0 Å². The van der Waals surface area contributed by atoms with Gasteiger partial charge in [0.2, 0.25) is 5.95 Å². The summed E-state index contributed by atoms with van der Waals surface area (Å²) in [5.41, 5.74) is 1.34. The van der Waals surface area contributed by atoms with Gasteiger partial charge in [-0.1, -0.05) is 0 Å². The number of aromatic nitrogens is 2. The molecule has 0 fully saturated rings. The average molecular weight is 209 g/mol. The number of benzene rings is 1. The van der Waals surface area contributed by atoms with Crippen molar-refractivity contribution < 1.29 is 9.50 Å². The van der Waals surface area contributed by atoms with Gasteiger partial charge < -0.3 is 15.4 Å². The highest BCUT2D eigenvalue weighted by molar-refractivity contribution is 5.77. The summed E-state index contributed by atoms with van der Waals surface area (Å²) in [6, 6.07) is 4.27. The normalized spacial score (nSPS) is 13.0. The van der Waals surface area contributed by atoms with Crippen molar-refractivity contribution >= 4 is 17.0 Å². The van der Waals surface area contributed by atoms with Gasteiger partial charge in [0.05, 0.1) is 17.6 Å². The second-order valence-electron chi connectivity index (χ2n) is 3.47. The fourth-order valence-corrected chi connectivity index (χ4v) is 1.33. The number of H-pyrrole nitrogens is 1. The molecule has 0 aliphatic rings. The Bertz CT molecular complexity index is 469. The predicted molar refractivity (Wildman–Crippen MR) is 56.2 cm³/mol. The first-order valence-electron chi connectivity index (χ1n) is 4.71. The van der Waals surface area contributed by atoms with Gasteiger partial charge in [-0.05, 0) is 25.1 Å². The number of nitrogens with zero attached hydrogens (tertiary/aromatic N) is 1. The van der Waals surface area contributed by atoms with Crippen LogP contribution in [0.1, 0.15) is 6.92 Å². The molecule has 0 spiro atoms. The summed E-state index contributed by atoms with van der Waals surface area (Å²) in [7, 11) is 0. The lowest BCUT2D eigenvalue weighted by Crippen LogP contribution is -2.19. The van der Waals surface area contributed by atoms with Gasteiger partial charge in [0.25, 0.3) is 0 Å².